The van der Waals surface area contributed by atoms with Gasteiger partial charge in [-0.3, -0.25) is 4.79 Å². The molecule has 0 radical (unpaired) electrons. The minimum absolute atomic E-state index is 0.182. The maximum absolute atomic E-state index is 12.3. The molecular formula is C19H21ClN4O. The fourth-order valence-corrected chi connectivity index (χ4v) is 2.92. The molecule has 0 saturated carbocycles. The lowest BCUT2D eigenvalue weighted by molar-refractivity contribution is 0.0949. The predicted octanol–water partition coefficient (Wildman–Crippen LogP) is 4.49. The molecule has 5 nitrogen and oxygen atoms in total. The van der Waals surface area contributed by atoms with Crippen LogP contribution in [0.2, 0.25) is 5.02 Å². The van der Waals surface area contributed by atoms with Crippen molar-refractivity contribution in [1.29, 1.82) is 0 Å². The molecule has 0 saturated heterocycles. The van der Waals surface area contributed by atoms with Gasteiger partial charge >= 0.3 is 0 Å². The van der Waals surface area contributed by atoms with Gasteiger partial charge in [-0.2, -0.15) is 0 Å². The van der Waals surface area contributed by atoms with Gasteiger partial charge in [0.15, 0.2) is 0 Å². The van der Waals surface area contributed by atoms with Crippen LogP contribution in [0.15, 0.2) is 48.3 Å². The number of anilines is 2. The quantitative estimate of drug-likeness (QED) is 0.748. The van der Waals surface area contributed by atoms with Crippen molar-refractivity contribution in [1.82, 2.24) is 15.3 Å². The average molecular weight is 357 g/mol. The van der Waals surface area contributed by atoms with Crippen molar-refractivity contribution < 1.29 is 4.79 Å². The minimum Gasteiger partial charge on any atom is -0.350 e. The molecule has 1 heterocycles. The molecule has 3 rings (SSSR count). The summed E-state index contributed by atoms with van der Waals surface area (Å²) in [4.78, 5) is 20.5. The summed E-state index contributed by atoms with van der Waals surface area (Å²) in [6.45, 7) is 0.634. The Morgan fingerprint density at radius 1 is 1.16 bits per heavy atom. The van der Waals surface area contributed by atoms with E-state index in [0.717, 1.165) is 24.9 Å². The third-order valence-electron chi connectivity index (χ3n) is 4.13. The lowest BCUT2D eigenvalue weighted by Crippen LogP contribution is -2.26. The van der Waals surface area contributed by atoms with Gasteiger partial charge in [-0.1, -0.05) is 23.3 Å². The summed E-state index contributed by atoms with van der Waals surface area (Å²) in [5.41, 5.74) is 2.64. The summed E-state index contributed by atoms with van der Waals surface area (Å²) < 4.78 is 0. The number of amides is 1. The van der Waals surface area contributed by atoms with E-state index in [4.69, 9.17) is 11.6 Å². The number of nitrogens with one attached hydrogen (secondary N) is 2. The van der Waals surface area contributed by atoms with Crippen LogP contribution in [0.4, 0.5) is 11.5 Å². The van der Waals surface area contributed by atoms with Crippen LogP contribution in [0.3, 0.4) is 0 Å². The predicted molar refractivity (Wildman–Crippen MR) is 100 cm³/mol. The molecule has 1 amide bonds. The molecule has 2 N–H and O–H groups in total. The molecule has 1 aromatic carbocycles. The van der Waals surface area contributed by atoms with Crippen molar-refractivity contribution in [2.24, 2.45) is 0 Å². The summed E-state index contributed by atoms with van der Waals surface area (Å²) in [5, 5.41) is 6.73. The van der Waals surface area contributed by atoms with Gasteiger partial charge in [0.05, 0.1) is 0 Å². The molecule has 130 valence electrons. The summed E-state index contributed by atoms with van der Waals surface area (Å²) in [6.07, 6.45) is 9.44. The van der Waals surface area contributed by atoms with Gasteiger partial charge < -0.3 is 10.6 Å². The Morgan fingerprint density at radius 2 is 2.00 bits per heavy atom. The maximum Gasteiger partial charge on any atom is 0.270 e. The van der Waals surface area contributed by atoms with Crippen LogP contribution in [0, 0.1) is 0 Å². The number of carbonyl (C=O) groups excluding carboxylic acids is 1. The molecule has 6 heteroatoms. The first-order valence-corrected chi connectivity index (χ1v) is 8.89. The Kier molecular flexibility index (Phi) is 6.01. The number of aromatic nitrogens is 2. The van der Waals surface area contributed by atoms with Gasteiger partial charge in [-0.05, 0) is 56.4 Å². The van der Waals surface area contributed by atoms with E-state index in [1.54, 1.807) is 18.2 Å². The van der Waals surface area contributed by atoms with E-state index in [2.05, 4.69) is 26.7 Å². The third-order valence-corrected chi connectivity index (χ3v) is 4.39. The monoisotopic (exact) mass is 356 g/mol. The van der Waals surface area contributed by atoms with Crippen molar-refractivity contribution in [3.63, 3.8) is 0 Å². The first-order valence-electron chi connectivity index (χ1n) is 8.51. The Labute approximate surface area is 152 Å². The third kappa shape index (κ3) is 5.29. The number of benzene rings is 1. The van der Waals surface area contributed by atoms with E-state index < -0.39 is 0 Å². The fourth-order valence-electron chi connectivity index (χ4n) is 2.79. The second-order valence-corrected chi connectivity index (χ2v) is 6.47. The first-order chi connectivity index (χ1) is 12.2. The second kappa shape index (κ2) is 8.62. The average Bonchev–Trinajstić information content (AvgIpc) is 2.65. The molecule has 25 heavy (non-hydrogen) atoms. The van der Waals surface area contributed by atoms with Crippen LogP contribution in [0.5, 0.6) is 0 Å². The van der Waals surface area contributed by atoms with E-state index in [9.17, 15) is 4.79 Å². The van der Waals surface area contributed by atoms with Gasteiger partial charge in [0, 0.05) is 23.3 Å². The highest BCUT2D eigenvalue weighted by molar-refractivity contribution is 6.30. The molecule has 1 aliphatic rings. The van der Waals surface area contributed by atoms with Gasteiger partial charge in [-0.15, -0.1) is 0 Å². The van der Waals surface area contributed by atoms with Crippen molar-refractivity contribution in [2.75, 3.05) is 11.9 Å². The van der Waals surface area contributed by atoms with Gasteiger partial charge in [0.25, 0.3) is 5.91 Å². The van der Waals surface area contributed by atoms with Crippen LogP contribution in [0.1, 0.15) is 42.6 Å². The topological polar surface area (TPSA) is 66.9 Å². The summed E-state index contributed by atoms with van der Waals surface area (Å²) >= 11 is 5.88. The second-order valence-electron chi connectivity index (χ2n) is 6.03. The fraction of sp³-hybridized carbons (Fsp3) is 0.316. The molecule has 1 aromatic heterocycles. The molecular weight excluding hydrogens is 336 g/mol. The maximum atomic E-state index is 12.3. The summed E-state index contributed by atoms with van der Waals surface area (Å²) in [6, 6.07) is 8.92. The molecule has 0 bridgehead atoms. The number of halogens is 1. The first kappa shape index (κ1) is 17.4. The van der Waals surface area contributed by atoms with Crippen molar-refractivity contribution in [3.8, 4) is 0 Å². The highest BCUT2D eigenvalue weighted by Crippen LogP contribution is 2.20. The zero-order valence-electron chi connectivity index (χ0n) is 14.0. The number of hydrogen-bond donors (Lipinski definition) is 2. The number of hydrogen-bond acceptors (Lipinski definition) is 4. The largest absolute Gasteiger partial charge is 0.350 e. The molecule has 2 aromatic rings. The Hall–Kier alpha value is -2.40. The Morgan fingerprint density at radius 3 is 2.76 bits per heavy atom. The lowest BCUT2D eigenvalue weighted by atomic mass is 9.97. The zero-order valence-corrected chi connectivity index (χ0v) is 14.7. The van der Waals surface area contributed by atoms with Crippen LogP contribution in [0.25, 0.3) is 0 Å². The van der Waals surface area contributed by atoms with Crippen LogP contribution in [-0.2, 0) is 0 Å². The highest BCUT2D eigenvalue weighted by Gasteiger charge is 2.10. The SMILES string of the molecule is O=C(NCCC1=CCCCC1)c1cc(Nc2ccc(Cl)cc2)ncn1. The zero-order chi connectivity index (χ0) is 17.5. The van der Waals surface area contributed by atoms with E-state index >= 15 is 0 Å². The van der Waals surface area contributed by atoms with Crippen LogP contribution in [-0.4, -0.2) is 22.4 Å². The summed E-state index contributed by atoms with van der Waals surface area (Å²) in [7, 11) is 0. The molecule has 0 unspecified atom stereocenters. The lowest BCUT2D eigenvalue weighted by Gasteiger charge is -2.13. The van der Waals surface area contributed by atoms with Gasteiger partial charge in [-0.25, -0.2) is 9.97 Å². The molecule has 0 atom stereocenters. The molecule has 1 aliphatic carbocycles. The normalized spacial score (nSPS) is 13.9. The number of carbonyl (C=O) groups is 1. The van der Waals surface area contributed by atoms with Crippen LogP contribution < -0.4 is 10.6 Å². The van der Waals surface area contributed by atoms with Gasteiger partial charge in [0.2, 0.25) is 0 Å². The van der Waals surface area contributed by atoms with E-state index in [1.165, 1.54) is 24.7 Å². The minimum atomic E-state index is -0.182. The van der Waals surface area contributed by atoms with E-state index in [-0.39, 0.29) is 5.91 Å². The van der Waals surface area contributed by atoms with Crippen molar-refractivity contribution in [3.05, 3.63) is 59.0 Å². The molecule has 0 aliphatic heterocycles. The highest BCUT2D eigenvalue weighted by atomic mass is 35.5. The number of allylic oxidation sites excluding steroid dienone is 1. The number of rotatable bonds is 6. The summed E-state index contributed by atoms with van der Waals surface area (Å²) in [5.74, 6) is 0.385. The molecule has 0 spiro atoms. The van der Waals surface area contributed by atoms with Gasteiger partial charge in [0.1, 0.15) is 17.8 Å². The smallest absolute Gasteiger partial charge is 0.270 e. The van der Waals surface area contributed by atoms with E-state index in [1.807, 2.05) is 12.1 Å². The van der Waals surface area contributed by atoms with Crippen LogP contribution >= 0.6 is 11.6 Å². The Bertz CT molecular complexity index is 758. The van der Waals surface area contributed by atoms with Crippen molar-refractivity contribution in [2.45, 2.75) is 32.1 Å². The Balaban J connectivity index is 1.55. The number of nitrogens with zero attached hydrogens (tertiary/aromatic N) is 2. The van der Waals surface area contributed by atoms with Crippen molar-refractivity contribution >= 4 is 29.0 Å². The van der Waals surface area contributed by atoms with E-state index in [0.29, 0.717) is 23.1 Å². The standard InChI is InChI=1S/C19H21ClN4O/c20-15-6-8-16(9-7-15)24-18-12-17(22-13-23-18)19(25)21-11-10-14-4-2-1-3-5-14/h4,6-9,12-13H,1-3,5,10-11H2,(H,21,25)(H,22,23,24). The molecule has 0 fully saturated rings.